The lowest BCUT2D eigenvalue weighted by atomic mass is 9.90. The molecule has 0 unspecified atom stereocenters. The Hall–Kier alpha value is -3.83. The maximum atomic E-state index is 9.66. The van der Waals surface area contributed by atoms with Gasteiger partial charge in [-0.05, 0) is 30.2 Å². The van der Waals surface area contributed by atoms with E-state index in [1.54, 1.807) is 12.1 Å². The number of nitrogens with two attached hydrogens (primary N) is 1. The molecule has 26 heavy (non-hydrogen) atoms. The van der Waals surface area contributed by atoms with Crippen molar-refractivity contribution in [1.82, 2.24) is 4.98 Å². The number of rotatable bonds is 4. The maximum absolute atomic E-state index is 9.66. The summed E-state index contributed by atoms with van der Waals surface area (Å²) in [7, 11) is 0. The predicted octanol–water partition coefficient (Wildman–Crippen LogP) is 4.08. The number of nitriles is 2. The molecule has 5 heteroatoms. The van der Waals surface area contributed by atoms with Crippen molar-refractivity contribution in [3.63, 3.8) is 0 Å². The SMILES string of the molecule is Cc1nc(N)c(C#N)c(-c2ccc(OCC#N)cc2)c1-c1ccccc1. The summed E-state index contributed by atoms with van der Waals surface area (Å²) in [5.74, 6) is 0.804. The van der Waals surface area contributed by atoms with Crippen LogP contribution in [0.2, 0.25) is 0 Å². The first-order valence-corrected chi connectivity index (χ1v) is 8.01. The minimum atomic E-state index is -0.0145. The van der Waals surface area contributed by atoms with Crippen LogP contribution in [0.15, 0.2) is 54.6 Å². The molecule has 0 bridgehead atoms. The number of anilines is 1. The summed E-state index contributed by atoms with van der Waals surface area (Å²) in [4.78, 5) is 4.36. The molecule has 2 N–H and O–H groups in total. The standard InChI is InChI=1S/C21H16N4O/c1-14-19(15-5-3-2-4-6-15)20(18(13-23)21(24)25-14)16-7-9-17(10-8-16)26-12-11-22/h2-10H,12H2,1H3,(H2,24,25). The Kier molecular flexibility index (Phi) is 4.83. The van der Waals surface area contributed by atoms with Crippen LogP contribution in [0.25, 0.3) is 22.3 Å². The summed E-state index contributed by atoms with van der Waals surface area (Å²) >= 11 is 0. The molecular formula is C21H16N4O. The summed E-state index contributed by atoms with van der Waals surface area (Å²) in [5, 5.41) is 18.3. The largest absolute Gasteiger partial charge is 0.479 e. The normalized spacial score (nSPS) is 9.96. The van der Waals surface area contributed by atoms with Crippen LogP contribution in [0.3, 0.4) is 0 Å². The van der Waals surface area contributed by atoms with Crippen molar-refractivity contribution < 1.29 is 4.74 Å². The summed E-state index contributed by atoms with van der Waals surface area (Å²) in [6.07, 6.45) is 0. The highest BCUT2D eigenvalue weighted by Crippen LogP contribution is 2.39. The first-order chi connectivity index (χ1) is 12.7. The molecule has 126 valence electrons. The number of aromatic nitrogens is 1. The number of nitrogen functional groups attached to an aromatic ring is 1. The molecule has 0 saturated carbocycles. The zero-order valence-corrected chi connectivity index (χ0v) is 14.2. The van der Waals surface area contributed by atoms with E-state index >= 15 is 0 Å². The monoisotopic (exact) mass is 340 g/mol. The molecule has 3 aromatic rings. The highest BCUT2D eigenvalue weighted by Gasteiger charge is 2.19. The number of ether oxygens (including phenoxy) is 1. The maximum Gasteiger partial charge on any atom is 0.174 e. The topological polar surface area (TPSA) is 95.7 Å². The molecule has 1 aromatic heterocycles. The number of pyridine rings is 1. The Labute approximate surface area is 151 Å². The summed E-state index contributed by atoms with van der Waals surface area (Å²) in [6.45, 7) is 1.87. The average molecular weight is 340 g/mol. The highest BCUT2D eigenvalue weighted by molar-refractivity contribution is 5.91. The van der Waals surface area contributed by atoms with Gasteiger partial charge in [0.2, 0.25) is 0 Å². The van der Waals surface area contributed by atoms with Crippen molar-refractivity contribution in [3.8, 4) is 40.1 Å². The Balaban J connectivity index is 2.22. The number of hydrogen-bond donors (Lipinski definition) is 1. The van der Waals surface area contributed by atoms with E-state index in [9.17, 15) is 5.26 Å². The van der Waals surface area contributed by atoms with E-state index in [0.717, 1.165) is 27.9 Å². The molecule has 1 heterocycles. The van der Waals surface area contributed by atoms with Crippen LogP contribution in [0, 0.1) is 29.6 Å². The Morgan fingerprint density at radius 1 is 0.962 bits per heavy atom. The van der Waals surface area contributed by atoms with Crippen LogP contribution in [0.1, 0.15) is 11.3 Å². The van der Waals surface area contributed by atoms with Gasteiger partial charge in [0.1, 0.15) is 29.3 Å². The Morgan fingerprint density at radius 2 is 1.62 bits per heavy atom. The quantitative estimate of drug-likeness (QED) is 0.772. The first-order valence-electron chi connectivity index (χ1n) is 8.01. The molecule has 0 radical (unpaired) electrons. The van der Waals surface area contributed by atoms with E-state index in [1.807, 2.05) is 55.5 Å². The van der Waals surface area contributed by atoms with Crippen molar-refractivity contribution in [1.29, 1.82) is 10.5 Å². The predicted molar refractivity (Wildman–Crippen MR) is 100 cm³/mol. The van der Waals surface area contributed by atoms with Gasteiger partial charge in [0.15, 0.2) is 6.61 Å². The summed E-state index contributed by atoms with van der Waals surface area (Å²) in [6, 6.07) is 21.2. The Morgan fingerprint density at radius 3 is 2.23 bits per heavy atom. The fraction of sp³-hybridized carbons (Fsp3) is 0.0952. The van der Waals surface area contributed by atoms with Crippen LogP contribution < -0.4 is 10.5 Å². The van der Waals surface area contributed by atoms with Gasteiger partial charge in [-0.1, -0.05) is 42.5 Å². The van der Waals surface area contributed by atoms with E-state index < -0.39 is 0 Å². The molecule has 0 aliphatic carbocycles. The fourth-order valence-corrected chi connectivity index (χ4v) is 2.92. The smallest absolute Gasteiger partial charge is 0.174 e. The molecule has 2 aromatic carbocycles. The highest BCUT2D eigenvalue weighted by atomic mass is 16.5. The van der Waals surface area contributed by atoms with Gasteiger partial charge in [-0.25, -0.2) is 4.98 Å². The minimum Gasteiger partial charge on any atom is -0.479 e. The van der Waals surface area contributed by atoms with Gasteiger partial charge in [0.05, 0.1) is 0 Å². The fourth-order valence-electron chi connectivity index (χ4n) is 2.92. The Bertz CT molecular complexity index is 1010. The average Bonchev–Trinajstić information content (AvgIpc) is 2.67. The molecule has 0 fully saturated rings. The molecule has 0 amide bonds. The molecule has 3 rings (SSSR count). The lowest BCUT2D eigenvalue weighted by Gasteiger charge is -2.16. The molecule has 0 aliphatic rings. The second kappa shape index (κ2) is 7.38. The molecule has 0 atom stereocenters. The number of nitrogens with zero attached hydrogens (tertiary/aromatic N) is 3. The van der Waals surface area contributed by atoms with Crippen molar-refractivity contribution in [2.24, 2.45) is 0 Å². The van der Waals surface area contributed by atoms with Crippen LogP contribution in [0.5, 0.6) is 5.75 Å². The zero-order chi connectivity index (χ0) is 18.5. The van der Waals surface area contributed by atoms with Gasteiger partial charge in [-0.2, -0.15) is 10.5 Å². The van der Waals surface area contributed by atoms with Crippen molar-refractivity contribution >= 4 is 5.82 Å². The van der Waals surface area contributed by atoms with Crippen LogP contribution in [-0.4, -0.2) is 11.6 Å². The third-order valence-electron chi connectivity index (χ3n) is 4.03. The lowest BCUT2D eigenvalue weighted by molar-refractivity contribution is 0.368. The van der Waals surface area contributed by atoms with Crippen LogP contribution in [0.4, 0.5) is 5.82 Å². The van der Waals surface area contributed by atoms with E-state index in [4.69, 9.17) is 15.7 Å². The van der Waals surface area contributed by atoms with E-state index in [-0.39, 0.29) is 12.4 Å². The second-order valence-corrected chi connectivity index (χ2v) is 5.66. The number of benzene rings is 2. The molecular weight excluding hydrogens is 324 g/mol. The van der Waals surface area contributed by atoms with Gasteiger partial charge in [0.25, 0.3) is 0 Å². The minimum absolute atomic E-state index is 0.0145. The van der Waals surface area contributed by atoms with Gasteiger partial charge >= 0.3 is 0 Å². The summed E-state index contributed by atoms with van der Waals surface area (Å²) < 4.78 is 5.30. The molecule has 0 spiro atoms. The van der Waals surface area contributed by atoms with Crippen LogP contribution >= 0.6 is 0 Å². The van der Waals surface area contributed by atoms with E-state index in [1.165, 1.54) is 0 Å². The van der Waals surface area contributed by atoms with Gasteiger partial charge in [-0.15, -0.1) is 0 Å². The van der Waals surface area contributed by atoms with Crippen molar-refractivity contribution in [2.45, 2.75) is 6.92 Å². The third kappa shape index (κ3) is 3.19. The number of aryl methyl sites for hydroxylation is 1. The van der Waals surface area contributed by atoms with Gasteiger partial charge < -0.3 is 10.5 Å². The third-order valence-corrected chi connectivity index (χ3v) is 4.03. The molecule has 0 aliphatic heterocycles. The van der Waals surface area contributed by atoms with E-state index in [0.29, 0.717) is 11.3 Å². The number of hydrogen-bond acceptors (Lipinski definition) is 5. The van der Waals surface area contributed by atoms with Gasteiger partial charge in [-0.3, -0.25) is 0 Å². The summed E-state index contributed by atoms with van der Waals surface area (Å²) in [5.41, 5.74) is 10.5. The van der Waals surface area contributed by atoms with Gasteiger partial charge in [0, 0.05) is 16.8 Å². The van der Waals surface area contributed by atoms with E-state index in [2.05, 4.69) is 11.1 Å². The first kappa shape index (κ1) is 17.0. The molecule has 0 saturated heterocycles. The second-order valence-electron chi connectivity index (χ2n) is 5.66. The van der Waals surface area contributed by atoms with Crippen molar-refractivity contribution in [3.05, 3.63) is 65.9 Å². The zero-order valence-electron chi connectivity index (χ0n) is 14.2. The van der Waals surface area contributed by atoms with Crippen molar-refractivity contribution in [2.75, 3.05) is 12.3 Å². The molecule has 5 nitrogen and oxygen atoms in total. The van der Waals surface area contributed by atoms with Crippen LogP contribution in [-0.2, 0) is 0 Å². The lowest BCUT2D eigenvalue weighted by Crippen LogP contribution is -2.03.